The van der Waals surface area contributed by atoms with Crippen molar-refractivity contribution in [1.82, 2.24) is 9.80 Å². The normalized spacial score (nSPS) is 17.0. The van der Waals surface area contributed by atoms with E-state index in [-0.39, 0.29) is 23.9 Å². The summed E-state index contributed by atoms with van der Waals surface area (Å²) < 4.78 is 5.08. The minimum Gasteiger partial charge on any atom is -0.450 e. The number of ether oxygens (including phenoxy) is 1. The van der Waals surface area contributed by atoms with Crippen LogP contribution in [0.2, 0.25) is 0 Å². The Bertz CT molecular complexity index is 1050. The topological polar surface area (TPSA) is 79.0 Å². The number of hydrogen-bond acceptors (Lipinski definition) is 5. The third kappa shape index (κ3) is 4.62. The van der Waals surface area contributed by atoms with E-state index < -0.39 is 0 Å². The summed E-state index contributed by atoms with van der Waals surface area (Å²) in [5, 5.41) is 3.22. The smallest absolute Gasteiger partial charge is 0.409 e. The molecule has 0 atom stereocenters. The second kappa shape index (κ2) is 9.90. The van der Waals surface area contributed by atoms with Crippen LogP contribution in [0, 0.1) is 0 Å². The summed E-state index contributed by atoms with van der Waals surface area (Å²) in [5.41, 5.74) is 3.34. The van der Waals surface area contributed by atoms with Crippen molar-refractivity contribution in [3.63, 3.8) is 0 Å². The van der Waals surface area contributed by atoms with Gasteiger partial charge in [-0.3, -0.25) is 14.5 Å². The van der Waals surface area contributed by atoms with Crippen molar-refractivity contribution in [2.75, 3.05) is 25.0 Å². The highest BCUT2D eigenvalue weighted by atomic mass is 16.6. The zero-order valence-electron chi connectivity index (χ0n) is 19.0. The number of carbonyl (C=O) groups excluding carboxylic acids is 3. The van der Waals surface area contributed by atoms with E-state index in [9.17, 15) is 14.4 Å². The number of likely N-dealkylation sites (tertiary alicyclic amines) is 1. The van der Waals surface area contributed by atoms with Gasteiger partial charge in [-0.1, -0.05) is 49.4 Å². The number of nitrogens with zero attached hydrogens (tertiary/aromatic N) is 2. The third-order valence-electron chi connectivity index (χ3n) is 6.16. The van der Waals surface area contributed by atoms with E-state index in [1.54, 1.807) is 11.8 Å². The molecule has 33 heavy (non-hydrogen) atoms. The molecule has 4 rings (SSSR count). The molecular weight excluding hydrogens is 418 g/mol. The van der Waals surface area contributed by atoms with Crippen LogP contribution in [0.4, 0.5) is 10.5 Å². The first kappa shape index (κ1) is 22.6. The molecule has 2 aliphatic heterocycles. The van der Waals surface area contributed by atoms with Gasteiger partial charge in [0.15, 0.2) is 0 Å². The summed E-state index contributed by atoms with van der Waals surface area (Å²) in [4.78, 5) is 42.1. The van der Waals surface area contributed by atoms with Gasteiger partial charge in [-0.05, 0) is 49.4 Å². The van der Waals surface area contributed by atoms with E-state index in [1.807, 2.05) is 54.6 Å². The lowest BCUT2D eigenvalue weighted by Gasteiger charge is -2.35. The fourth-order valence-electron chi connectivity index (χ4n) is 4.36. The predicted octanol–water partition coefficient (Wildman–Crippen LogP) is 4.06. The largest absolute Gasteiger partial charge is 0.450 e. The minimum atomic E-state index is -0.351. The van der Waals surface area contributed by atoms with Gasteiger partial charge in [-0.2, -0.15) is 0 Å². The van der Waals surface area contributed by atoms with Crippen LogP contribution >= 0.6 is 0 Å². The molecule has 0 aromatic heterocycles. The van der Waals surface area contributed by atoms with E-state index >= 15 is 0 Å². The van der Waals surface area contributed by atoms with Crippen molar-refractivity contribution in [2.45, 2.75) is 39.2 Å². The van der Waals surface area contributed by atoms with Crippen LogP contribution in [0.3, 0.4) is 0 Å². The second-order valence-electron chi connectivity index (χ2n) is 8.19. The maximum absolute atomic E-state index is 13.5. The van der Waals surface area contributed by atoms with Gasteiger partial charge in [-0.15, -0.1) is 0 Å². The SMILES string of the molecule is CCOC(=O)N1CCC(N2C(=O)C(Nc3ccc(CC)cc3)=C(c3ccccc3)C2=O)CC1. The number of imide groups is 1. The molecule has 3 amide bonds. The third-order valence-corrected chi connectivity index (χ3v) is 6.16. The summed E-state index contributed by atoms with van der Waals surface area (Å²) in [6, 6.07) is 16.9. The summed E-state index contributed by atoms with van der Waals surface area (Å²) in [6.45, 7) is 5.07. The Labute approximate surface area is 194 Å². The lowest BCUT2D eigenvalue weighted by Crippen LogP contribution is -2.49. The van der Waals surface area contributed by atoms with Gasteiger partial charge < -0.3 is 15.0 Å². The number of carbonyl (C=O) groups is 3. The number of amides is 3. The fraction of sp³-hybridized carbons (Fsp3) is 0.346. The molecule has 2 heterocycles. The predicted molar refractivity (Wildman–Crippen MR) is 126 cm³/mol. The molecule has 2 aromatic rings. The van der Waals surface area contributed by atoms with Crippen LogP contribution in [0.5, 0.6) is 0 Å². The molecule has 172 valence electrons. The molecule has 2 aromatic carbocycles. The number of aryl methyl sites for hydroxylation is 1. The monoisotopic (exact) mass is 447 g/mol. The van der Waals surface area contributed by atoms with Gasteiger partial charge >= 0.3 is 6.09 Å². The average Bonchev–Trinajstić information content (AvgIpc) is 3.09. The minimum absolute atomic E-state index is 0.267. The Morgan fingerprint density at radius 2 is 1.64 bits per heavy atom. The van der Waals surface area contributed by atoms with E-state index in [2.05, 4.69) is 12.2 Å². The van der Waals surface area contributed by atoms with Gasteiger partial charge in [0.25, 0.3) is 11.8 Å². The van der Waals surface area contributed by atoms with E-state index in [1.165, 1.54) is 10.5 Å². The van der Waals surface area contributed by atoms with E-state index in [0.717, 1.165) is 12.1 Å². The molecule has 1 fully saturated rings. The second-order valence-corrected chi connectivity index (χ2v) is 8.19. The molecule has 1 N–H and O–H groups in total. The Morgan fingerprint density at radius 1 is 0.970 bits per heavy atom. The van der Waals surface area contributed by atoms with Gasteiger partial charge in [0.2, 0.25) is 0 Å². The first-order valence-corrected chi connectivity index (χ1v) is 11.5. The average molecular weight is 448 g/mol. The lowest BCUT2D eigenvalue weighted by atomic mass is 10.0. The van der Waals surface area contributed by atoms with Crippen molar-refractivity contribution < 1.29 is 19.1 Å². The molecule has 7 nitrogen and oxygen atoms in total. The molecular formula is C26H29N3O4. The molecule has 0 aliphatic carbocycles. The Kier molecular flexibility index (Phi) is 6.77. The lowest BCUT2D eigenvalue weighted by molar-refractivity contribution is -0.140. The first-order chi connectivity index (χ1) is 16.0. The number of benzene rings is 2. The Hall–Kier alpha value is -3.61. The van der Waals surface area contributed by atoms with Crippen molar-refractivity contribution in [1.29, 1.82) is 0 Å². The molecule has 0 unspecified atom stereocenters. The van der Waals surface area contributed by atoms with Gasteiger partial charge in [0.1, 0.15) is 5.70 Å². The van der Waals surface area contributed by atoms with Crippen LogP contribution in [-0.2, 0) is 20.7 Å². The van der Waals surface area contributed by atoms with Crippen molar-refractivity contribution in [3.8, 4) is 0 Å². The fourth-order valence-corrected chi connectivity index (χ4v) is 4.36. The zero-order chi connectivity index (χ0) is 23.4. The van der Waals surface area contributed by atoms with Crippen molar-refractivity contribution in [3.05, 3.63) is 71.4 Å². The summed E-state index contributed by atoms with van der Waals surface area (Å²) in [6.07, 6.45) is 1.62. The summed E-state index contributed by atoms with van der Waals surface area (Å²) >= 11 is 0. The number of anilines is 1. The Morgan fingerprint density at radius 3 is 2.24 bits per heavy atom. The highest BCUT2D eigenvalue weighted by Crippen LogP contribution is 2.34. The molecule has 2 aliphatic rings. The number of hydrogen-bond donors (Lipinski definition) is 1. The van der Waals surface area contributed by atoms with Gasteiger partial charge in [-0.25, -0.2) is 4.79 Å². The maximum Gasteiger partial charge on any atom is 0.409 e. The first-order valence-electron chi connectivity index (χ1n) is 11.5. The van der Waals surface area contributed by atoms with Gasteiger partial charge in [0.05, 0.1) is 12.2 Å². The summed E-state index contributed by atoms with van der Waals surface area (Å²) in [7, 11) is 0. The van der Waals surface area contributed by atoms with Crippen molar-refractivity contribution >= 4 is 29.2 Å². The van der Waals surface area contributed by atoms with Crippen LogP contribution in [-0.4, -0.2) is 53.4 Å². The molecule has 1 saturated heterocycles. The Balaban J connectivity index is 1.59. The number of rotatable bonds is 6. The molecule has 0 radical (unpaired) electrons. The molecule has 0 saturated carbocycles. The molecule has 7 heteroatoms. The van der Waals surface area contributed by atoms with Crippen LogP contribution in [0.25, 0.3) is 5.57 Å². The highest BCUT2D eigenvalue weighted by molar-refractivity contribution is 6.36. The number of piperidine rings is 1. The van der Waals surface area contributed by atoms with Crippen LogP contribution < -0.4 is 5.32 Å². The maximum atomic E-state index is 13.5. The van der Waals surface area contributed by atoms with E-state index in [4.69, 9.17) is 4.74 Å². The van der Waals surface area contributed by atoms with Crippen molar-refractivity contribution in [2.24, 2.45) is 0 Å². The van der Waals surface area contributed by atoms with Crippen LogP contribution in [0.1, 0.15) is 37.8 Å². The zero-order valence-corrected chi connectivity index (χ0v) is 19.0. The standard InChI is InChI=1S/C26H29N3O4/c1-3-18-10-12-20(13-11-18)27-23-22(19-8-6-5-7-9-19)24(30)29(25(23)31)21-14-16-28(17-15-21)26(32)33-4-2/h5-13,21,27H,3-4,14-17H2,1-2H3. The molecule has 0 spiro atoms. The summed E-state index contributed by atoms with van der Waals surface area (Å²) in [5.74, 6) is -0.624. The van der Waals surface area contributed by atoms with Crippen LogP contribution in [0.15, 0.2) is 60.3 Å². The van der Waals surface area contributed by atoms with E-state index in [0.29, 0.717) is 49.4 Å². The number of nitrogens with one attached hydrogen (secondary N) is 1. The van der Waals surface area contributed by atoms with Gasteiger partial charge in [0, 0.05) is 24.8 Å². The highest BCUT2D eigenvalue weighted by Gasteiger charge is 2.44. The molecule has 0 bridgehead atoms. The quantitative estimate of drug-likeness (QED) is 0.676.